The lowest BCUT2D eigenvalue weighted by Crippen LogP contribution is -2.28. The Hall–Kier alpha value is -2.08. The second kappa shape index (κ2) is 5.61. The summed E-state index contributed by atoms with van der Waals surface area (Å²) in [4.78, 5) is 12.2. The Morgan fingerprint density at radius 2 is 2.23 bits per heavy atom. The van der Waals surface area contributed by atoms with Crippen LogP contribution in [0.4, 0.5) is 0 Å². The smallest absolute Gasteiger partial charge is 0.173 e. The number of fused-ring (bicyclic) bond motifs is 3. The lowest BCUT2D eigenvalue weighted by molar-refractivity contribution is -0.116. The van der Waals surface area contributed by atoms with Crippen LogP contribution in [0.3, 0.4) is 0 Å². The van der Waals surface area contributed by atoms with Crippen molar-refractivity contribution in [3.63, 3.8) is 0 Å². The van der Waals surface area contributed by atoms with E-state index in [0.717, 1.165) is 49.0 Å². The number of ketones is 1. The van der Waals surface area contributed by atoms with Crippen LogP contribution >= 0.6 is 0 Å². The predicted molar refractivity (Wildman–Crippen MR) is 85.4 cm³/mol. The highest BCUT2D eigenvalue weighted by Gasteiger charge is 2.46. The molecule has 0 bridgehead atoms. The van der Waals surface area contributed by atoms with E-state index in [-0.39, 0.29) is 11.2 Å². The second-order valence-corrected chi connectivity index (χ2v) is 6.37. The summed E-state index contributed by atoms with van der Waals surface area (Å²) < 4.78 is 5.33. The van der Waals surface area contributed by atoms with Crippen molar-refractivity contribution < 1.29 is 9.53 Å². The number of Topliss-reactive ketones (excluding diaryl/α,β-unsaturated/α-hetero) is 1. The van der Waals surface area contributed by atoms with E-state index < -0.39 is 0 Å². The van der Waals surface area contributed by atoms with E-state index in [1.165, 1.54) is 5.56 Å². The van der Waals surface area contributed by atoms with Gasteiger partial charge in [-0.05, 0) is 48.1 Å². The van der Waals surface area contributed by atoms with E-state index in [2.05, 4.69) is 19.1 Å². The Kier molecular flexibility index (Phi) is 3.78. The molecule has 0 radical (unpaired) electrons. The molecule has 0 heterocycles. The summed E-state index contributed by atoms with van der Waals surface area (Å²) in [7, 11) is 1.67. The number of nitrogens with zero attached hydrogens (tertiary/aromatic N) is 1. The molecule has 0 fully saturated rings. The number of rotatable bonds is 4. The zero-order chi connectivity index (χ0) is 15.7. The average molecular weight is 295 g/mol. The maximum absolute atomic E-state index is 12.2. The summed E-state index contributed by atoms with van der Waals surface area (Å²) in [6.07, 6.45) is 5.60. The van der Waals surface area contributed by atoms with E-state index in [1.807, 2.05) is 12.1 Å². The number of allylic oxidation sites excluding steroid dienone is 2. The summed E-state index contributed by atoms with van der Waals surface area (Å²) in [5.74, 6) is 0.849. The van der Waals surface area contributed by atoms with Crippen LogP contribution in [0.25, 0.3) is 5.57 Å². The normalized spacial score (nSPS) is 23.0. The number of methoxy groups -OCH3 is 1. The average Bonchev–Trinajstić information content (AvgIpc) is 2.87. The van der Waals surface area contributed by atoms with Crippen molar-refractivity contribution in [3.8, 4) is 11.8 Å². The van der Waals surface area contributed by atoms with Crippen LogP contribution in [0.5, 0.6) is 5.75 Å². The molecular weight excluding hydrogens is 274 g/mol. The molecule has 0 N–H and O–H groups in total. The van der Waals surface area contributed by atoms with Gasteiger partial charge in [-0.3, -0.25) is 4.79 Å². The Morgan fingerprint density at radius 3 is 2.91 bits per heavy atom. The van der Waals surface area contributed by atoms with Crippen molar-refractivity contribution in [2.24, 2.45) is 5.41 Å². The fourth-order valence-corrected chi connectivity index (χ4v) is 4.03. The van der Waals surface area contributed by atoms with E-state index in [1.54, 1.807) is 7.11 Å². The molecule has 3 heteroatoms. The van der Waals surface area contributed by atoms with Gasteiger partial charge in [0.05, 0.1) is 12.7 Å². The van der Waals surface area contributed by atoms with E-state index in [9.17, 15) is 10.1 Å². The van der Waals surface area contributed by atoms with Gasteiger partial charge in [-0.15, -0.1) is 0 Å². The van der Waals surface area contributed by atoms with Gasteiger partial charge in [-0.1, -0.05) is 25.8 Å². The molecule has 0 saturated heterocycles. The van der Waals surface area contributed by atoms with Crippen LogP contribution in [-0.4, -0.2) is 12.9 Å². The first-order chi connectivity index (χ1) is 10.6. The van der Waals surface area contributed by atoms with Gasteiger partial charge in [0.1, 0.15) is 11.8 Å². The Balaban J connectivity index is 2.18. The van der Waals surface area contributed by atoms with Crippen LogP contribution in [-0.2, 0) is 11.2 Å². The van der Waals surface area contributed by atoms with Crippen LogP contribution in [0.2, 0.25) is 0 Å². The monoisotopic (exact) mass is 295 g/mol. The molecule has 1 unspecified atom stereocenters. The van der Waals surface area contributed by atoms with Gasteiger partial charge in [0.25, 0.3) is 0 Å². The second-order valence-electron chi connectivity index (χ2n) is 6.37. The van der Waals surface area contributed by atoms with Crippen molar-refractivity contribution in [2.45, 2.75) is 45.4 Å². The SMILES string of the molecule is CCCCC12CCC(=O)C(C#N)=C1c1ccc(OC)cc1C2. The van der Waals surface area contributed by atoms with Gasteiger partial charge < -0.3 is 4.74 Å². The van der Waals surface area contributed by atoms with Crippen molar-refractivity contribution in [1.82, 2.24) is 0 Å². The largest absolute Gasteiger partial charge is 0.497 e. The molecule has 2 aliphatic carbocycles. The molecule has 1 atom stereocenters. The molecule has 1 aromatic carbocycles. The fraction of sp³-hybridized carbons (Fsp3) is 0.474. The Morgan fingerprint density at radius 1 is 1.41 bits per heavy atom. The van der Waals surface area contributed by atoms with Crippen LogP contribution in [0.15, 0.2) is 23.8 Å². The number of benzene rings is 1. The molecule has 0 spiro atoms. The van der Waals surface area contributed by atoms with Crippen LogP contribution in [0.1, 0.15) is 50.2 Å². The number of ether oxygens (including phenoxy) is 1. The number of carbonyl (C=O) groups is 1. The third-order valence-electron chi connectivity index (χ3n) is 5.12. The van der Waals surface area contributed by atoms with E-state index in [0.29, 0.717) is 12.0 Å². The van der Waals surface area contributed by atoms with Gasteiger partial charge in [0.2, 0.25) is 0 Å². The summed E-state index contributed by atoms with van der Waals surface area (Å²) in [6.45, 7) is 2.18. The van der Waals surface area contributed by atoms with Crippen LogP contribution < -0.4 is 4.74 Å². The summed E-state index contributed by atoms with van der Waals surface area (Å²) >= 11 is 0. The minimum Gasteiger partial charge on any atom is -0.497 e. The lowest BCUT2D eigenvalue weighted by atomic mass is 9.67. The van der Waals surface area contributed by atoms with Crippen molar-refractivity contribution in [3.05, 3.63) is 34.9 Å². The molecule has 0 amide bonds. The zero-order valence-electron chi connectivity index (χ0n) is 13.2. The van der Waals surface area contributed by atoms with E-state index >= 15 is 0 Å². The third kappa shape index (κ3) is 2.14. The summed E-state index contributed by atoms with van der Waals surface area (Å²) in [5.41, 5.74) is 3.68. The summed E-state index contributed by atoms with van der Waals surface area (Å²) in [6, 6.07) is 8.21. The van der Waals surface area contributed by atoms with Crippen molar-refractivity contribution in [2.75, 3.05) is 7.11 Å². The zero-order valence-corrected chi connectivity index (χ0v) is 13.2. The third-order valence-corrected chi connectivity index (χ3v) is 5.12. The maximum atomic E-state index is 12.2. The minimum atomic E-state index is -0.0241. The van der Waals surface area contributed by atoms with Crippen molar-refractivity contribution >= 4 is 11.4 Å². The first-order valence-corrected chi connectivity index (χ1v) is 8.00. The number of nitriles is 1. The number of hydrogen-bond donors (Lipinski definition) is 0. The summed E-state index contributed by atoms with van der Waals surface area (Å²) in [5, 5.41) is 9.52. The molecule has 114 valence electrons. The number of hydrogen-bond acceptors (Lipinski definition) is 3. The molecule has 0 aromatic heterocycles. The van der Waals surface area contributed by atoms with Gasteiger partial charge >= 0.3 is 0 Å². The van der Waals surface area contributed by atoms with Crippen molar-refractivity contribution in [1.29, 1.82) is 5.26 Å². The Bertz CT molecular complexity index is 696. The highest BCUT2D eigenvalue weighted by molar-refractivity contribution is 6.09. The highest BCUT2D eigenvalue weighted by Crippen LogP contribution is 2.56. The predicted octanol–water partition coefficient (Wildman–Crippen LogP) is 4.07. The minimum absolute atomic E-state index is 0.00768. The highest BCUT2D eigenvalue weighted by atomic mass is 16.5. The van der Waals surface area contributed by atoms with E-state index in [4.69, 9.17) is 4.74 Å². The topological polar surface area (TPSA) is 50.1 Å². The quantitative estimate of drug-likeness (QED) is 0.841. The first kappa shape index (κ1) is 14.8. The van der Waals surface area contributed by atoms with Gasteiger partial charge in [0.15, 0.2) is 5.78 Å². The van der Waals surface area contributed by atoms with Gasteiger partial charge in [0, 0.05) is 11.8 Å². The van der Waals surface area contributed by atoms with Crippen LogP contribution in [0, 0.1) is 16.7 Å². The standard InChI is InChI=1S/C19H21NO2/c1-3-4-8-19-9-7-17(21)16(12-20)18(19)15-6-5-14(22-2)10-13(15)11-19/h5-6,10H,3-4,7-9,11H2,1-2H3. The number of carbonyl (C=O) groups excluding carboxylic acids is 1. The molecule has 2 aliphatic rings. The lowest BCUT2D eigenvalue weighted by Gasteiger charge is -2.35. The van der Waals surface area contributed by atoms with Gasteiger partial charge in [-0.2, -0.15) is 5.26 Å². The first-order valence-electron chi connectivity index (χ1n) is 8.00. The molecule has 22 heavy (non-hydrogen) atoms. The number of unbranched alkanes of at least 4 members (excludes halogenated alkanes) is 1. The molecule has 0 aliphatic heterocycles. The van der Waals surface area contributed by atoms with Gasteiger partial charge in [-0.25, -0.2) is 0 Å². The molecule has 3 rings (SSSR count). The molecular formula is C19H21NO2. The maximum Gasteiger partial charge on any atom is 0.173 e. The fourth-order valence-electron chi connectivity index (χ4n) is 4.03. The molecule has 0 saturated carbocycles. The molecule has 3 nitrogen and oxygen atoms in total. The Labute approximate surface area is 131 Å². The molecule has 1 aromatic rings.